The van der Waals surface area contributed by atoms with E-state index >= 15 is 0 Å². The molecule has 0 N–H and O–H groups in total. The lowest BCUT2D eigenvalue weighted by Crippen LogP contribution is -2.10. The van der Waals surface area contributed by atoms with Gasteiger partial charge >= 0.3 is 0 Å². The van der Waals surface area contributed by atoms with Crippen molar-refractivity contribution in [2.45, 2.75) is 12.8 Å². The van der Waals surface area contributed by atoms with Crippen LogP contribution in [0.2, 0.25) is 10.0 Å². The Bertz CT molecular complexity index is 1510. The minimum atomic E-state index is -3.05. The standard InChI is InChI=1S/C26H20Cl2FNO3S/c27-22-2-1-3-23(28)26(22)21-14-30(19-7-5-18(29)6-8-19)24-13-17(4-9-20(21)24)25(31)12-16-10-11-34(32,33)15-16/h1-9,13-14,16H,10-12,15H2. The number of ketones is 1. The average molecular weight is 516 g/mol. The smallest absolute Gasteiger partial charge is 0.163 e. The summed E-state index contributed by atoms with van der Waals surface area (Å²) < 4.78 is 39.0. The van der Waals surface area contributed by atoms with Crippen molar-refractivity contribution in [1.82, 2.24) is 4.57 Å². The summed E-state index contributed by atoms with van der Waals surface area (Å²) in [5.41, 5.74) is 3.41. The fraction of sp³-hybridized carbons (Fsp3) is 0.192. The van der Waals surface area contributed by atoms with Gasteiger partial charge in [0.1, 0.15) is 5.82 Å². The highest BCUT2D eigenvalue weighted by atomic mass is 35.5. The number of hydrogen-bond donors (Lipinski definition) is 0. The Labute approximate surface area is 206 Å². The molecule has 1 saturated heterocycles. The minimum absolute atomic E-state index is 0.0576. The number of carbonyl (C=O) groups is 1. The zero-order chi connectivity index (χ0) is 24.0. The van der Waals surface area contributed by atoms with E-state index in [0.717, 1.165) is 16.5 Å². The van der Waals surface area contributed by atoms with Gasteiger partial charge in [0.05, 0.1) is 17.0 Å². The van der Waals surface area contributed by atoms with Gasteiger partial charge in [0.25, 0.3) is 0 Å². The molecule has 1 aromatic heterocycles. The Morgan fingerprint density at radius 1 is 1.03 bits per heavy atom. The molecule has 8 heteroatoms. The molecule has 34 heavy (non-hydrogen) atoms. The second-order valence-corrected chi connectivity index (χ2v) is 11.7. The third-order valence-corrected chi connectivity index (χ3v) is 8.73. The Morgan fingerprint density at radius 3 is 2.38 bits per heavy atom. The molecule has 1 aliphatic heterocycles. The van der Waals surface area contributed by atoms with E-state index in [2.05, 4.69) is 0 Å². The molecule has 3 aromatic carbocycles. The number of aromatic nitrogens is 1. The summed E-state index contributed by atoms with van der Waals surface area (Å²) in [6, 6.07) is 16.7. The Hall–Kier alpha value is -2.67. The van der Waals surface area contributed by atoms with E-state index < -0.39 is 9.84 Å². The van der Waals surface area contributed by atoms with Gasteiger partial charge in [0, 0.05) is 50.4 Å². The molecule has 0 radical (unpaired) electrons. The first kappa shape index (κ1) is 23.1. The Kier molecular flexibility index (Phi) is 6.00. The van der Waals surface area contributed by atoms with Gasteiger partial charge in [-0.2, -0.15) is 0 Å². The van der Waals surface area contributed by atoms with Gasteiger partial charge in [-0.15, -0.1) is 0 Å². The van der Waals surface area contributed by atoms with Crippen LogP contribution in [-0.4, -0.2) is 30.3 Å². The highest BCUT2D eigenvalue weighted by Gasteiger charge is 2.30. The lowest BCUT2D eigenvalue weighted by Gasteiger charge is -2.09. The zero-order valence-corrected chi connectivity index (χ0v) is 20.3. The molecular formula is C26H20Cl2FNO3S. The lowest BCUT2D eigenvalue weighted by molar-refractivity contribution is 0.0966. The Balaban J connectivity index is 1.63. The number of fused-ring (bicyclic) bond motifs is 1. The predicted molar refractivity (Wildman–Crippen MR) is 134 cm³/mol. The van der Waals surface area contributed by atoms with Crippen LogP contribution in [0.4, 0.5) is 4.39 Å². The number of Topliss-reactive ketones (excluding diaryl/α,β-unsaturated/α-hetero) is 1. The van der Waals surface area contributed by atoms with E-state index in [0.29, 0.717) is 33.3 Å². The maximum Gasteiger partial charge on any atom is 0.163 e. The SMILES string of the molecule is O=C(CC1CCS(=O)(=O)C1)c1ccc2c(-c3c(Cl)cccc3Cl)cn(-c3ccc(F)cc3)c2c1. The van der Waals surface area contributed by atoms with Gasteiger partial charge in [-0.1, -0.05) is 41.4 Å². The van der Waals surface area contributed by atoms with E-state index in [-0.39, 0.29) is 35.4 Å². The summed E-state index contributed by atoms with van der Waals surface area (Å²) in [6.07, 6.45) is 2.57. The molecule has 0 bridgehead atoms. The fourth-order valence-electron chi connectivity index (χ4n) is 4.58. The van der Waals surface area contributed by atoms with Crippen LogP contribution in [0.15, 0.2) is 66.9 Å². The van der Waals surface area contributed by atoms with Gasteiger partial charge in [0.2, 0.25) is 0 Å². The van der Waals surface area contributed by atoms with E-state index in [1.807, 2.05) is 16.8 Å². The normalized spacial score (nSPS) is 17.3. The number of rotatable bonds is 5. The van der Waals surface area contributed by atoms with Gasteiger partial charge in [-0.25, -0.2) is 12.8 Å². The molecule has 5 rings (SSSR count). The first-order chi connectivity index (χ1) is 16.2. The van der Waals surface area contributed by atoms with Gasteiger partial charge in [0.15, 0.2) is 15.6 Å². The fourth-order valence-corrected chi connectivity index (χ4v) is 7.05. The van der Waals surface area contributed by atoms with Crippen molar-refractivity contribution in [2.75, 3.05) is 11.5 Å². The molecular weight excluding hydrogens is 496 g/mol. The second-order valence-electron chi connectivity index (χ2n) is 8.61. The number of nitrogens with zero attached hydrogens (tertiary/aromatic N) is 1. The topological polar surface area (TPSA) is 56.1 Å². The van der Waals surface area contributed by atoms with E-state index in [1.54, 1.807) is 42.5 Å². The molecule has 4 nitrogen and oxygen atoms in total. The van der Waals surface area contributed by atoms with E-state index in [1.165, 1.54) is 12.1 Å². The first-order valence-electron chi connectivity index (χ1n) is 10.8. The average Bonchev–Trinajstić information content (AvgIpc) is 3.33. The summed E-state index contributed by atoms with van der Waals surface area (Å²) in [4.78, 5) is 13.0. The van der Waals surface area contributed by atoms with Crippen LogP contribution in [0.5, 0.6) is 0 Å². The quantitative estimate of drug-likeness (QED) is 0.276. The van der Waals surface area contributed by atoms with Crippen LogP contribution >= 0.6 is 23.2 Å². The van der Waals surface area contributed by atoms with Crippen LogP contribution in [0.3, 0.4) is 0 Å². The number of hydrogen-bond acceptors (Lipinski definition) is 3. The molecule has 1 atom stereocenters. The van der Waals surface area contributed by atoms with Crippen LogP contribution in [0, 0.1) is 11.7 Å². The van der Waals surface area contributed by atoms with Gasteiger partial charge in [-0.3, -0.25) is 4.79 Å². The largest absolute Gasteiger partial charge is 0.316 e. The van der Waals surface area contributed by atoms with Crippen LogP contribution < -0.4 is 0 Å². The number of benzene rings is 3. The summed E-state index contributed by atoms with van der Waals surface area (Å²) in [5.74, 6) is -0.415. The number of carbonyl (C=O) groups excluding carboxylic acids is 1. The van der Waals surface area contributed by atoms with Crippen molar-refractivity contribution < 1.29 is 17.6 Å². The molecule has 0 saturated carbocycles. The second kappa shape index (κ2) is 8.84. The number of sulfone groups is 1. The van der Waals surface area contributed by atoms with Crippen LogP contribution in [0.25, 0.3) is 27.7 Å². The molecule has 4 aromatic rings. The third kappa shape index (κ3) is 4.38. The molecule has 2 heterocycles. The van der Waals surface area contributed by atoms with Crippen molar-refractivity contribution in [1.29, 1.82) is 0 Å². The van der Waals surface area contributed by atoms with Crippen molar-refractivity contribution in [2.24, 2.45) is 5.92 Å². The van der Waals surface area contributed by atoms with Crippen molar-refractivity contribution in [3.05, 3.63) is 88.3 Å². The third-order valence-electron chi connectivity index (χ3n) is 6.27. The predicted octanol–water partition coefficient (Wildman–Crippen LogP) is 6.75. The molecule has 174 valence electrons. The van der Waals surface area contributed by atoms with Gasteiger partial charge in [-0.05, 0) is 54.8 Å². The van der Waals surface area contributed by atoms with Crippen molar-refractivity contribution >= 4 is 49.7 Å². The molecule has 0 amide bonds. The molecule has 1 unspecified atom stereocenters. The summed E-state index contributed by atoms with van der Waals surface area (Å²) in [7, 11) is -3.05. The van der Waals surface area contributed by atoms with Crippen LogP contribution in [-0.2, 0) is 9.84 Å². The molecule has 0 aliphatic carbocycles. The Morgan fingerprint density at radius 2 is 1.74 bits per heavy atom. The van der Waals surface area contributed by atoms with Crippen molar-refractivity contribution in [3.8, 4) is 16.8 Å². The summed E-state index contributed by atoms with van der Waals surface area (Å²) in [5, 5.41) is 1.82. The van der Waals surface area contributed by atoms with E-state index in [4.69, 9.17) is 23.2 Å². The summed E-state index contributed by atoms with van der Waals surface area (Å²) in [6.45, 7) is 0. The number of halogens is 3. The maximum absolute atomic E-state index is 13.6. The van der Waals surface area contributed by atoms with Crippen LogP contribution in [0.1, 0.15) is 23.2 Å². The monoisotopic (exact) mass is 515 g/mol. The highest BCUT2D eigenvalue weighted by molar-refractivity contribution is 7.91. The molecule has 1 aliphatic rings. The van der Waals surface area contributed by atoms with E-state index in [9.17, 15) is 17.6 Å². The molecule has 0 spiro atoms. The zero-order valence-electron chi connectivity index (χ0n) is 18.0. The maximum atomic E-state index is 13.6. The van der Waals surface area contributed by atoms with Gasteiger partial charge < -0.3 is 4.57 Å². The minimum Gasteiger partial charge on any atom is -0.316 e. The summed E-state index contributed by atoms with van der Waals surface area (Å²) >= 11 is 13.0. The van der Waals surface area contributed by atoms with Crippen molar-refractivity contribution in [3.63, 3.8) is 0 Å². The highest BCUT2D eigenvalue weighted by Crippen LogP contribution is 2.41. The first-order valence-corrected chi connectivity index (χ1v) is 13.4. The molecule has 1 fully saturated rings. The lowest BCUT2D eigenvalue weighted by atomic mass is 9.96.